The van der Waals surface area contributed by atoms with Crippen LogP contribution in [0.4, 0.5) is 5.69 Å². The van der Waals surface area contributed by atoms with Crippen molar-refractivity contribution in [2.45, 2.75) is 26.4 Å². The molecule has 0 N–H and O–H groups in total. The van der Waals surface area contributed by atoms with Crippen molar-refractivity contribution in [1.29, 1.82) is 0 Å². The Balaban J connectivity index is 1.71. The number of benzene rings is 1. The first kappa shape index (κ1) is 17.6. The second-order valence-corrected chi connectivity index (χ2v) is 7.17. The van der Waals surface area contributed by atoms with Gasteiger partial charge in [-0.2, -0.15) is 0 Å². The van der Waals surface area contributed by atoms with E-state index in [1.165, 1.54) is 11.3 Å². The fourth-order valence-electron chi connectivity index (χ4n) is 2.72. The van der Waals surface area contributed by atoms with Crippen molar-refractivity contribution in [2.75, 3.05) is 25.5 Å². The average molecular weight is 356 g/mol. The van der Waals surface area contributed by atoms with Crippen LogP contribution in [0.5, 0.6) is 0 Å². The molecule has 3 rings (SSSR count). The van der Waals surface area contributed by atoms with Gasteiger partial charge in [-0.15, -0.1) is 21.5 Å². The molecule has 132 valence electrons. The molecule has 1 aromatic carbocycles. The Morgan fingerprint density at radius 1 is 1.12 bits per heavy atom. The monoisotopic (exact) mass is 356 g/mol. The highest BCUT2D eigenvalue weighted by atomic mass is 32.1. The summed E-state index contributed by atoms with van der Waals surface area (Å²) in [5.74, 6) is 1.26. The van der Waals surface area contributed by atoms with E-state index < -0.39 is 0 Å². The van der Waals surface area contributed by atoms with Crippen LogP contribution in [0.25, 0.3) is 10.8 Å². The lowest BCUT2D eigenvalue weighted by atomic mass is 10.1. The fourth-order valence-corrected chi connectivity index (χ4v) is 3.36. The lowest BCUT2D eigenvalue weighted by Gasteiger charge is -2.25. The Bertz CT molecular complexity index is 780. The lowest BCUT2D eigenvalue weighted by Crippen LogP contribution is -2.26. The zero-order chi connectivity index (χ0) is 17.8. The Hall–Kier alpha value is -2.18. The second kappa shape index (κ2) is 7.80. The minimum Gasteiger partial charge on any atom is -0.418 e. The van der Waals surface area contributed by atoms with Gasteiger partial charge >= 0.3 is 0 Å². The van der Waals surface area contributed by atoms with E-state index in [0.717, 1.165) is 18.0 Å². The van der Waals surface area contributed by atoms with E-state index in [-0.39, 0.29) is 6.04 Å². The normalized spacial score (nSPS) is 12.5. The van der Waals surface area contributed by atoms with Crippen LogP contribution in [-0.4, -0.2) is 35.7 Å². The van der Waals surface area contributed by atoms with Crippen molar-refractivity contribution < 1.29 is 4.42 Å². The Kier molecular flexibility index (Phi) is 5.50. The fraction of sp³-hybridized carbons (Fsp3) is 0.368. The highest BCUT2D eigenvalue weighted by molar-refractivity contribution is 7.13. The van der Waals surface area contributed by atoms with Gasteiger partial charge < -0.3 is 9.32 Å². The maximum Gasteiger partial charge on any atom is 0.257 e. The maximum absolute atomic E-state index is 5.90. The first-order valence-corrected chi connectivity index (χ1v) is 9.34. The number of thiophene rings is 1. The molecular formula is C19H24N4OS. The number of hydrogen-bond acceptors (Lipinski definition) is 6. The van der Waals surface area contributed by atoms with Gasteiger partial charge in [0.2, 0.25) is 5.89 Å². The predicted molar refractivity (Wildman–Crippen MR) is 103 cm³/mol. The molecule has 6 heteroatoms. The van der Waals surface area contributed by atoms with Crippen molar-refractivity contribution >= 4 is 17.0 Å². The van der Waals surface area contributed by atoms with E-state index >= 15 is 0 Å². The Labute approximate surface area is 152 Å². The third-order valence-corrected chi connectivity index (χ3v) is 5.18. The van der Waals surface area contributed by atoms with Crippen LogP contribution in [0.2, 0.25) is 0 Å². The van der Waals surface area contributed by atoms with Gasteiger partial charge in [-0.3, -0.25) is 4.90 Å². The zero-order valence-corrected chi connectivity index (χ0v) is 16.0. The molecule has 0 aliphatic heterocycles. The van der Waals surface area contributed by atoms with E-state index in [4.69, 9.17) is 4.42 Å². The third kappa shape index (κ3) is 4.08. The first-order valence-electron chi connectivity index (χ1n) is 8.46. The van der Waals surface area contributed by atoms with Crippen molar-refractivity contribution in [2.24, 2.45) is 0 Å². The quantitative estimate of drug-likeness (QED) is 0.626. The number of hydrogen-bond donors (Lipinski definition) is 0. The lowest BCUT2D eigenvalue weighted by molar-refractivity contribution is 0.184. The number of anilines is 1. The van der Waals surface area contributed by atoms with Gasteiger partial charge in [-0.25, -0.2) is 0 Å². The molecule has 0 saturated heterocycles. The first-order chi connectivity index (χ1) is 12.1. The number of rotatable bonds is 7. The van der Waals surface area contributed by atoms with Crippen LogP contribution in [0.15, 0.2) is 46.2 Å². The van der Waals surface area contributed by atoms with E-state index in [2.05, 4.69) is 72.2 Å². The van der Waals surface area contributed by atoms with E-state index in [0.29, 0.717) is 11.8 Å². The molecule has 0 radical (unpaired) electrons. The molecule has 0 aliphatic carbocycles. The van der Waals surface area contributed by atoms with Gasteiger partial charge in [-0.1, -0.05) is 25.1 Å². The summed E-state index contributed by atoms with van der Waals surface area (Å²) in [6.07, 6.45) is 0. The average Bonchev–Trinajstić information content (AvgIpc) is 3.30. The van der Waals surface area contributed by atoms with Crippen LogP contribution in [0.3, 0.4) is 0 Å². The molecule has 0 bridgehead atoms. The third-order valence-electron chi connectivity index (χ3n) is 4.32. The molecule has 0 aliphatic rings. The maximum atomic E-state index is 5.90. The molecule has 25 heavy (non-hydrogen) atoms. The highest BCUT2D eigenvalue weighted by Crippen LogP contribution is 2.27. The van der Waals surface area contributed by atoms with Crippen LogP contribution < -0.4 is 4.90 Å². The second-order valence-electron chi connectivity index (χ2n) is 6.22. The number of nitrogens with zero attached hydrogens (tertiary/aromatic N) is 4. The van der Waals surface area contributed by atoms with Crippen LogP contribution in [0.1, 0.15) is 31.3 Å². The molecule has 2 heterocycles. The minimum atomic E-state index is 0.0692. The van der Waals surface area contributed by atoms with Gasteiger partial charge in [0.1, 0.15) is 0 Å². The summed E-state index contributed by atoms with van der Waals surface area (Å²) in [5, 5.41) is 10.5. The molecule has 0 spiro atoms. The molecule has 0 amide bonds. The molecule has 0 saturated carbocycles. The number of aromatic nitrogens is 2. The summed E-state index contributed by atoms with van der Waals surface area (Å²) in [7, 11) is 4.10. The minimum absolute atomic E-state index is 0.0692. The van der Waals surface area contributed by atoms with Gasteiger partial charge in [-0.05, 0) is 42.6 Å². The predicted octanol–water partition coefficient (Wildman–Crippen LogP) is 4.45. The van der Waals surface area contributed by atoms with Gasteiger partial charge in [0.05, 0.1) is 10.9 Å². The smallest absolute Gasteiger partial charge is 0.257 e. The van der Waals surface area contributed by atoms with E-state index in [1.807, 2.05) is 17.5 Å². The summed E-state index contributed by atoms with van der Waals surface area (Å²) in [4.78, 5) is 5.44. The summed E-state index contributed by atoms with van der Waals surface area (Å²) in [5.41, 5.74) is 2.48. The summed E-state index contributed by atoms with van der Waals surface area (Å²) in [6, 6.07) is 12.7. The summed E-state index contributed by atoms with van der Waals surface area (Å²) >= 11 is 1.61. The van der Waals surface area contributed by atoms with Crippen molar-refractivity contribution in [3.05, 3.63) is 53.2 Å². The van der Waals surface area contributed by atoms with Crippen LogP contribution in [-0.2, 0) is 6.54 Å². The van der Waals surface area contributed by atoms with Crippen molar-refractivity contribution in [3.8, 4) is 10.8 Å². The molecule has 5 nitrogen and oxygen atoms in total. The molecule has 0 unspecified atom stereocenters. The van der Waals surface area contributed by atoms with Gasteiger partial charge in [0, 0.05) is 26.3 Å². The summed E-state index contributed by atoms with van der Waals surface area (Å²) in [6.45, 7) is 6.03. The van der Waals surface area contributed by atoms with Gasteiger partial charge in [0.25, 0.3) is 5.89 Å². The Morgan fingerprint density at radius 2 is 1.88 bits per heavy atom. The molecular weight excluding hydrogens is 332 g/mol. The molecule has 3 aromatic rings. The van der Waals surface area contributed by atoms with E-state index in [1.54, 1.807) is 11.3 Å². The van der Waals surface area contributed by atoms with Crippen LogP contribution in [0, 0.1) is 0 Å². The molecule has 0 fully saturated rings. The highest BCUT2D eigenvalue weighted by Gasteiger charge is 2.21. The van der Waals surface area contributed by atoms with Crippen molar-refractivity contribution in [3.63, 3.8) is 0 Å². The zero-order valence-electron chi connectivity index (χ0n) is 15.1. The van der Waals surface area contributed by atoms with Crippen LogP contribution >= 0.6 is 11.3 Å². The molecule has 1 atom stereocenters. The topological polar surface area (TPSA) is 45.4 Å². The molecule has 2 aromatic heterocycles. The SMILES string of the molecule is CCN(Cc1ccc(N(C)C)cc1)[C@@H](C)c1nnc(-c2cccs2)o1. The standard InChI is InChI=1S/C19H24N4OS/c1-5-23(13-15-8-10-16(11-9-15)22(3)4)14(2)18-20-21-19(24-18)17-7-6-12-25-17/h6-12,14H,5,13H2,1-4H3/t14-/m0/s1. The Morgan fingerprint density at radius 3 is 2.48 bits per heavy atom. The van der Waals surface area contributed by atoms with E-state index in [9.17, 15) is 0 Å². The van der Waals surface area contributed by atoms with Crippen molar-refractivity contribution in [1.82, 2.24) is 15.1 Å². The van der Waals surface area contributed by atoms with Gasteiger partial charge in [0.15, 0.2) is 0 Å². The largest absolute Gasteiger partial charge is 0.418 e. The summed E-state index contributed by atoms with van der Waals surface area (Å²) < 4.78 is 5.90.